The van der Waals surface area contributed by atoms with Gasteiger partial charge in [-0.2, -0.15) is 5.26 Å². The van der Waals surface area contributed by atoms with E-state index in [4.69, 9.17) is 51.1 Å². The maximum absolute atomic E-state index is 14.8. The molecule has 0 aliphatic heterocycles. The largest absolute Gasteiger partial charge is 0.465 e. The summed E-state index contributed by atoms with van der Waals surface area (Å²) >= 11 is 26.0. The Morgan fingerprint density at radius 2 is 1.36 bits per heavy atom. The number of carbonyl (C=O) groups is 2. The highest BCUT2D eigenvalue weighted by atomic mass is 35.5. The van der Waals surface area contributed by atoms with Crippen molar-refractivity contribution in [1.82, 2.24) is 0 Å². The third-order valence-corrected chi connectivity index (χ3v) is 9.67. The molecule has 9 heteroatoms. The van der Waals surface area contributed by atoms with E-state index in [0.29, 0.717) is 31.8 Å². The quantitative estimate of drug-likeness (QED) is 0.157. The predicted octanol–water partition coefficient (Wildman–Crippen LogP) is 9.03. The molecule has 0 spiro atoms. The van der Waals surface area contributed by atoms with Crippen molar-refractivity contribution in [2.24, 2.45) is 11.3 Å². The standard InChI is InChI=1S/C35H27Cl4NO4/c1-2-44-33(42)34(20-40)27(25-7-3-5-9-28(25)38)19-35(43,22-13-17-24(37)18-14-22)31(30(34)26-8-4-6-10-29(26)39)32(41)21-11-15-23(36)16-12-21/h3-18,27,30-31,43H,2,19H2,1H3/t27-,30+,31+,34-,35+/m1/s1. The lowest BCUT2D eigenvalue weighted by atomic mass is 9.47. The van der Waals surface area contributed by atoms with Crippen LogP contribution in [0.3, 0.4) is 0 Å². The van der Waals surface area contributed by atoms with Gasteiger partial charge in [-0.3, -0.25) is 9.59 Å². The van der Waals surface area contributed by atoms with Gasteiger partial charge < -0.3 is 9.84 Å². The van der Waals surface area contributed by atoms with Crippen molar-refractivity contribution in [3.63, 3.8) is 0 Å². The first-order valence-electron chi connectivity index (χ1n) is 13.9. The van der Waals surface area contributed by atoms with Crippen LogP contribution in [-0.4, -0.2) is 23.5 Å². The van der Waals surface area contributed by atoms with Gasteiger partial charge in [-0.15, -0.1) is 0 Å². The fourth-order valence-corrected chi connectivity index (χ4v) is 7.30. The molecule has 0 amide bonds. The Hall–Kier alpha value is -3.37. The lowest BCUT2D eigenvalue weighted by Crippen LogP contribution is -2.59. The zero-order chi connectivity index (χ0) is 31.6. The van der Waals surface area contributed by atoms with E-state index in [1.807, 2.05) is 0 Å². The highest BCUT2D eigenvalue weighted by Crippen LogP contribution is 2.65. The summed E-state index contributed by atoms with van der Waals surface area (Å²) in [5.41, 5.74) is -2.60. The molecule has 1 N–H and O–H groups in total. The van der Waals surface area contributed by atoms with Crippen LogP contribution >= 0.6 is 46.4 Å². The monoisotopic (exact) mass is 665 g/mol. The topological polar surface area (TPSA) is 87.4 Å². The second kappa shape index (κ2) is 12.9. The van der Waals surface area contributed by atoms with E-state index >= 15 is 0 Å². The average Bonchev–Trinajstić information content (AvgIpc) is 3.01. The molecule has 44 heavy (non-hydrogen) atoms. The van der Waals surface area contributed by atoms with Crippen molar-refractivity contribution in [2.75, 3.05) is 6.61 Å². The highest BCUT2D eigenvalue weighted by molar-refractivity contribution is 6.32. The molecular weight excluding hydrogens is 640 g/mol. The Balaban J connectivity index is 1.93. The van der Waals surface area contributed by atoms with Gasteiger partial charge in [0, 0.05) is 37.5 Å². The van der Waals surface area contributed by atoms with Gasteiger partial charge in [0.2, 0.25) is 0 Å². The summed E-state index contributed by atoms with van der Waals surface area (Å²) in [6.07, 6.45) is -0.226. The van der Waals surface area contributed by atoms with Gasteiger partial charge in [0.05, 0.1) is 18.6 Å². The molecule has 5 rings (SSSR count). The van der Waals surface area contributed by atoms with Crippen LogP contribution in [0.25, 0.3) is 0 Å². The summed E-state index contributed by atoms with van der Waals surface area (Å²) in [5.74, 6) is -5.07. The van der Waals surface area contributed by atoms with Crippen LogP contribution < -0.4 is 0 Å². The minimum atomic E-state index is -2.04. The van der Waals surface area contributed by atoms with E-state index < -0.39 is 40.5 Å². The van der Waals surface area contributed by atoms with Gasteiger partial charge in [-0.05, 0) is 78.6 Å². The first kappa shape index (κ1) is 32.0. The number of aliphatic hydroxyl groups is 1. The molecule has 1 aliphatic carbocycles. The Bertz CT molecular complexity index is 1740. The number of ketones is 1. The van der Waals surface area contributed by atoms with E-state index in [1.54, 1.807) is 104 Å². The average molecular weight is 667 g/mol. The molecule has 5 nitrogen and oxygen atoms in total. The number of benzene rings is 4. The normalized spacial score (nSPS) is 24.7. The van der Waals surface area contributed by atoms with E-state index in [0.717, 1.165) is 0 Å². The SMILES string of the molecule is CCOC(=O)[C@]1(C#N)[C@@H](c2ccccc2Cl)C[C@](O)(c2ccc(Cl)cc2)[C@H](C(=O)c2ccc(Cl)cc2)[C@@H]1c1ccccc1Cl. The molecule has 1 saturated carbocycles. The molecule has 0 aromatic heterocycles. The predicted molar refractivity (Wildman–Crippen MR) is 172 cm³/mol. The van der Waals surface area contributed by atoms with Crippen LogP contribution in [0, 0.1) is 22.7 Å². The number of nitrogens with zero attached hydrogens (tertiary/aromatic N) is 1. The van der Waals surface area contributed by atoms with E-state index in [2.05, 4.69) is 6.07 Å². The van der Waals surface area contributed by atoms with Crippen molar-refractivity contribution in [3.05, 3.63) is 139 Å². The Labute approximate surface area is 275 Å². The van der Waals surface area contributed by atoms with Crippen LogP contribution in [-0.2, 0) is 15.1 Å². The minimum Gasteiger partial charge on any atom is -0.465 e. The third-order valence-electron chi connectivity index (χ3n) is 8.48. The van der Waals surface area contributed by atoms with Crippen LogP contribution in [0.1, 0.15) is 52.2 Å². The lowest BCUT2D eigenvalue weighted by Gasteiger charge is -2.54. The number of hydrogen-bond donors (Lipinski definition) is 1. The number of rotatable bonds is 7. The molecule has 0 radical (unpaired) electrons. The fourth-order valence-electron chi connectivity index (χ4n) is 6.53. The number of ether oxygens (including phenoxy) is 1. The molecular formula is C35H27Cl4NO4. The Kier molecular flexibility index (Phi) is 9.41. The number of nitriles is 1. The molecule has 5 atom stereocenters. The molecule has 4 aromatic carbocycles. The van der Waals surface area contributed by atoms with Crippen molar-refractivity contribution in [2.45, 2.75) is 30.8 Å². The number of carbonyl (C=O) groups excluding carboxylic acids is 2. The summed E-state index contributed by atoms with van der Waals surface area (Å²) in [7, 11) is 0. The smallest absolute Gasteiger partial charge is 0.327 e. The highest BCUT2D eigenvalue weighted by Gasteiger charge is 2.68. The zero-order valence-corrected chi connectivity index (χ0v) is 26.5. The second-order valence-corrected chi connectivity index (χ2v) is 12.4. The van der Waals surface area contributed by atoms with Gasteiger partial charge in [-0.1, -0.05) is 94.9 Å². The minimum absolute atomic E-state index is 0.0238. The molecule has 224 valence electrons. The Morgan fingerprint density at radius 1 is 0.841 bits per heavy atom. The lowest BCUT2D eigenvalue weighted by molar-refractivity contribution is -0.164. The molecule has 0 heterocycles. The van der Waals surface area contributed by atoms with Crippen LogP contribution in [0.15, 0.2) is 97.1 Å². The van der Waals surface area contributed by atoms with Gasteiger partial charge in [0.25, 0.3) is 0 Å². The van der Waals surface area contributed by atoms with E-state index in [9.17, 15) is 20.0 Å². The van der Waals surface area contributed by atoms with Crippen molar-refractivity contribution in [1.29, 1.82) is 5.26 Å². The summed E-state index contributed by atoms with van der Waals surface area (Å²) in [5, 5.41) is 25.6. The molecule has 0 saturated heterocycles. The van der Waals surface area contributed by atoms with Crippen molar-refractivity contribution >= 4 is 58.2 Å². The van der Waals surface area contributed by atoms with Crippen molar-refractivity contribution < 1.29 is 19.4 Å². The van der Waals surface area contributed by atoms with Gasteiger partial charge in [-0.25, -0.2) is 0 Å². The van der Waals surface area contributed by atoms with Gasteiger partial charge in [0.1, 0.15) is 5.60 Å². The number of hydrogen-bond acceptors (Lipinski definition) is 5. The summed E-state index contributed by atoms with van der Waals surface area (Å²) in [6.45, 7) is 1.62. The molecule has 0 unspecified atom stereocenters. The second-order valence-electron chi connectivity index (χ2n) is 10.8. The Morgan fingerprint density at radius 3 is 1.89 bits per heavy atom. The number of Topliss-reactive ketones (excluding diaryl/α,β-unsaturated/α-hetero) is 1. The summed E-state index contributed by atoms with van der Waals surface area (Å²) in [6, 6.07) is 28.6. The maximum atomic E-state index is 14.8. The first-order valence-corrected chi connectivity index (χ1v) is 15.4. The first-order chi connectivity index (χ1) is 21.1. The third kappa shape index (κ3) is 5.51. The van der Waals surface area contributed by atoms with Crippen LogP contribution in [0.5, 0.6) is 0 Å². The van der Waals surface area contributed by atoms with Gasteiger partial charge >= 0.3 is 5.97 Å². The number of esters is 1. The molecule has 4 aromatic rings. The van der Waals surface area contributed by atoms with Crippen LogP contribution in [0.2, 0.25) is 20.1 Å². The van der Waals surface area contributed by atoms with E-state index in [-0.39, 0.29) is 23.6 Å². The molecule has 1 aliphatic rings. The van der Waals surface area contributed by atoms with Gasteiger partial charge in [0.15, 0.2) is 11.2 Å². The van der Waals surface area contributed by atoms with E-state index in [1.165, 1.54) is 0 Å². The fraction of sp³-hybridized carbons (Fsp3) is 0.229. The van der Waals surface area contributed by atoms with Crippen molar-refractivity contribution in [3.8, 4) is 6.07 Å². The summed E-state index contributed by atoms with van der Waals surface area (Å²) in [4.78, 5) is 29.1. The zero-order valence-electron chi connectivity index (χ0n) is 23.5. The maximum Gasteiger partial charge on any atom is 0.327 e. The summed E-state index contributed by atoms with van der Waals surface area (Å²) < 4.78 is 5.62. The molecule has 0 bridgehead atoms. The van der Waals surface area contributed by atoms with Crippen LogP contribution in [0.4, 0.5) is 0 Å². The molecule has 1 fully saturated rings. The number of halogens is 4.